The molecule has 3 rings (SSSR count). The Labute approximate surface area is 203 Å². The Morgan fingerprint density at radius 1 is 1.21 bits per heavy atom. The van der Waals surface area contributed by atoms with Crippen molar-refractivity contribution in [3.8, 4) is 0 Å². The lowest BCUT2D eigenvalue weighted by Gasteiger charge is -2.44. The molecule has 3 nitrogen and oxygen atoms in total. The van der Waals surface area contributed by atoms with Crippen LogP contribution in [0.2, 0.25) is 0 Å². The molecule has 3 saturated carbocycles. The van der Waals surface area contributed by atoms with Gasteiger partial charge in [0.15, 0.2) is 0 Å². The molecule has 0 radical (unpaired) electrons. The van der Waals surface area contributed by atoms with Crippen LogP contribution in [0.5, 0.6) is 0 Å². The Kier molecular flexibility index (Phi) is 8.73. The van der Waals surface area contributed by atoms with E-state index in [0.29, 0.717) is 17.8 Å². The maximum Gasteiger partial charge on any atom is 0.120 e. The highest BCUT2D eigenvalue weighted by Gasteiger charge is 2.50. The fourth-order valence-corrected chi connectivity index (χ4v) is 7.21. The van der Waals surface area contributed by atoms with Crippen LogP contribution in [0.15, 0.2) is 35.5 Å². The summed E-state index contributed by atoms with van der Waals surface area (Å²) in [5.74, 6) is 2.20. The number of fused-ring (bicyclic) bond motifs is 1. The molecule has 0 aromatic rings. The average Bonchev–Trinajstić information content (AvgIpc) is 3.10. The molecule has 3 fully saturated rings. The smallest absolute Gasteiger partial charge is 0.120 e. The Bertz CT molecular complexity index is 745. The Balaban J connectivity index is 1.69. The molecule has 3 N–H and O–H groups in total. The maximum atomic E-state index is 11.0. The van der Waals surface area contributed by atoms with E-state index < -0.39 is 11.3 Å². The Morgan fingerprint density at radius 3 is 2.67 bits per heavy atom. The zero-order valence-electron chi connectivity index (χ0n) is 22.2. The van der Waals surface area contributed by atoms with Crippen molar-refractivity contribution in [3.05, 3.63) is 35.5 Å². The molecule has 0 saturated heterocycles. The first-order chi connectivity index (χ1) is 15.5. The standard InChI is InChI=1S/C30H51NO2/c1-7-20-31-30(33)19-16-22(2)25(21-30)13-12-24-11-9-18-29(6)26(14-15-27(24)29)23(3)10-8-17-28(4,5)32/h12-13,23,26-27,31-33H,2,7-11,14-21H2,1,3-6H3/t23-,26-,27?,29-,30-/m1/s1. The highest BCUT2D eigenvalue weighted by Crippen LogP contribution is 2.60. The largest absolute Gasteiger partial charge is 0.390 e. The third-order valence-electron chi connectivity index (χ3n) is 9.15. The van der Waals surface area contributed by atoms with Gasteiger partial charge in [0.2, 0.25) is 0 Å². The number of rotatable bonds is 9. The first kappa shape index (κ1) is 26.7. The van der Waals surface area contributed by atoms with Crippen molar-refractivity contribution in [2.24, 2.45) is 23.2 Å². The lowest BCUT2D eigenvalue weighted by molar-refractivity contribution is -0.00733. The zero-order chi connectivity index (χ0) is 24.3. The van der Waals surface area contributed by atoms with Crippen LogP contribution < -0.4 is 5.32 Å². The minimum absolute atomic E-state index is 0.406. The summed E-state index contributed by atoms with van der Waals surface area (Å²) in [6.45, 7) is 16.2. The number of hydrogen-bond acceptors (Lipinski definition) is 3. The Morgan fingerprint density at radius 2 is 1.97 bits per heavy atom. The molecular formula is C30H51NO2. The SMILES string of the molecule is C=C1CC[C@](O)(NCCC)CC1=CC=C1CCC[C@@]2(C)C1CC[C@@H]2[C@H](C)CCCC(C)(C)O. The topological polar surface area (TPSA) is 52.5 Å². The second-order valence-corrected chi connectivity index (χ2v) is 12.4. The normalized spacial score (nSPS) is 36.4. The van der Waals surface area contributed by atoms with Crippen molar-refractivity contribution < 1.29 is 10.2 Å². The first-order valence-corrected chi connectivity index (χ1v) is 13.7. The molecule has 0 aromatic heterocycles. The summed E-state index contributed by atoms with van der Waals surface area (Å²) < 4.78 is 0. The lowest BCUT2D eigenvalue weighted by atomic mass is 9.60. The molecule has 0 spiro atoms. The van der Waals surface area contributed by atoms with Crippen molar-refractivity contribution in [1.29, 1.82) is 0 Å². The van der Waals surface area contributed by atoms with E-state index in [0.717, 1.165) is 50.5 Å². The molecule has 0 bridgehead atoms. The van der Waals surface area contributed by atoms with Gasteiger partial charge in [0.1, 0.15) is 5.72 Å². The van der Waals surface area contributed by atoms with Gasteiger partial charge in [-0.2, -0.15) is 0 Å². The van der Waals surface area contributed by atoms with E-state index in [4.69, 9.17) is 0 Å². The van der Waals surface area contributed by atoms with Crippen LogP contribution in [0.4, 0.5) is 0 Å². The molecule has 0 amide bonds. The van der Waals surface area contributed by atoms with Gasteiger partial charge < -0.3 is 10.2 Å². The molecule has 188 valence electrons. The van der Waals surface area contributed by atoms with E-state index in [-0.39, 0.29) is 0 Å². The van der Waals surface area contributed by atoms with Crippen LogP contribution in [0, 0.1) is 23.2 Å². The monoisotopic (exact) mass is 457 g/mol. The van der Waals surface area contributed by atoms with Crippen molar-refractivity contribution in [2.75, 3.05) is 6.54 Å². The lowest BCUT2D eigenvalue weighted by Crippen LogP contribution is -2.47. The van der Waals surface area contributed by atoms with Crippen molar-refractivity contribution in [2.45, 2.75) is 123 Å². The molecule has 33 heavy (non-hydrogen) atoms. The summed E-state index contributed by atoms with van der Waals surface area (Å²) in [4.78, 5) is 0. The second kappa shape index (κ2) is 10.8. The average molecular weight is 458 g/mol. The van der Waals surface area contributed by atoms with Gasteiger partial charge in [0.05, 0.1) is 5.60 Å². The third kappa shape index (κ3) is 6.61. The fourth-order valence-electron chi connectivity index (χ4n) is 7.21. The molecule has 3 aliphatic carbocycles. The van der Waals surface area contributed by atoms with Gasteiger partial charge in [0.25, 0.3) is 0 Å². The van der Waals surface area contributed by atoms with E-state index in [1.165, 1.54) is 49.7 Å². The summed E-state index contributed by atoms with van der Waals surface area (Å²) in [6.07, 6.45) is 17.8. The molecule has 0 heterocycles. The van der Waals surface area contributed by atoms with Gasteiger partial charge in [-0.05, 0) is 107 Å². The van der Waals surface area contributed by atoms with Crippen LogP contribution in [0.25, 0.3) is 0 Å². The van der Waals surface area contributed by atoms with Gasteiger partial charge in [-0.15, -0.1) is 0 Å². The zero-order valence-corrected chi connectivity index (χ0v) is 22.2. The summed E-state index contributed by atoms with van der Waals surface area (Å²) in [5.41, 5.74) is 3.13. The van der Waals surface area contributed by atoms with Gasteiger partial charge in [-0.3, -0.25) is 5.32 Å². The van der Waals surface area contributed by atoms with Crippen LogP contribution in [0.3, 0.4) is 0 Å². The number of nitrogens with one attached hydrogen (secondary N) is 1. The van der Waals surface area contributed by atoms with E-state index in [9.17, 15) is 10.2 Å². The maximum absolute atomic E-state index is 11.0. The van der Waals surface area contributed by atoms with Gasteiger partial charge in [-0.1, -0.05) is 63.5 Å². The quantitative estimate of drug-likeness (QED) is 0.325. The van der Waals surface area contributed by atoms with Crippen LogP contribution in [0.1, 0.15) is 112 Å². The molecule has 5 atom stereocenters. The highest BCUT2D eigenvalue weighted by molar-refractivity contribution is 5.37. The highest BCUT2D eigenvalue weighted by atomic mass is 16.3. The molecular weight excluding hydrogens is 406 g/mol. The molecule has 0 aliphatic heterocycles. The van der Waals surface area contributed by atoms with Crippen molar-refractivity contribution >= 4 is 0 Å². The van der Waals surface area contributed by atoms with Gasteiger partial charge in [-0.25, -0.2) is 0 Å². The number of aliphatic hydroxyl groups is 2. The van der Waals surface area contributed by atoms with Gasteiger partial charge >= 0.3 is 0 Å². The first-order valence-electron chi connectivity index (χ1n) is 13.7. The van der Waals surface area contributed by atoms with Crippen LogP contribution >= 0.6 is 0 Å². The summed E-state index contributed by atoms with van der Waals surface area (Å²) in [5, 5.41) is 24.5. The minimum Gasteiger partial charge on any atom is -0.390 e. The molecule has 0 aromatic carbocycles. The van der Waals surface area contributed by atoms with E-state index in [2.05, 4.69) is 44.8 Å². The third-order valence-corrected chi connectivity index (χ3v) is 9.15. The summed E-state index contributed by atoms with van der Waals surface area (Å²) >= 11 is 0. The van der Waals surface area contributed by atoms with E-state index in [1.807, 2.05) is 13.8 Å². The summed E-state index contributed by atoms with van der Waals surface area (Å²) in [6, 6.07) is 0. The molecule has 3 heteroatoms. The molecule has 1 unspecified atom stereocenters. The molecule has 3 aliphatic rings. The van der Waals surface area contributed by atoms with Gasteiger partial charge in [0, 0.05) is 6.42 Å². The Hall–Kier alpha value is -0.900. The number of allylic oxidation sites excluding steroid dienone is 4. The van der Waals surface area contributed by atoms with E-state index >= 15 is 0 Å². The fraction of sp³-hybridized carbons (Fsp3) is 0.800. The number of hydrogen-bond donors (Lipinski definition) is 3. The predicted molar refractivity (Wildman–Crippen MR) is 140 cm³/mol. The van der Waals surface area contributed by atoms with Crippen LogP contribution in [-0.4, -0.2) is 28.1 Å². The van der Waals surface area contributed by atoms with E-state index in [1.54, 1.807) is 5.57 Å². The minimum atomic E-state index is -0.778. The van der Waals surface area contributed by atoms with Crippen molar-refractivity contribution in [3.63, 3.8) is 0 Å². The predicted octanol–water partition coefficient (Wildman–Crippen LogP) is 7.06. The second-order valence-electron chi connectivity index (χ2n) is 12.4. The van der Waals surface area contributed by atoms with Crippen LogP contribution in [-0.2, 0) is 0 Å². The van der Waals surface area contributed by atoms with Crippen molar-refractivity contribution in [1.82, 2.24) is 5.32 Å². The summed E-state index contributed by atoms with van der Waals surface area (Å²) in [7, 11) is 0.